The van der Waals surface area contributed by atoms with Crippen molar-refractivity contribution in [2.75, 3.05) is 27.2 Å². The van der Waals surface area contributed by atoms with E-state index in [2.05, 4.69) is 48.6 Å². The van der Waals surface area contributed by atoms with Crippen molar-refractivity contribution in [2.24, 2.45) is 0 Å². The molecule has 3 heteroatoms. The zero-order valence-electron chi connectivity index (χ0n) is 12.0. The maximum atomic E-state index is 5.72. The van der Waals surface area contributed by atoms with E-state index in [-0.39, 0.29) is 0 Å². The zero-order chi connectivity index (χ0) is 13.3. The Morgan fingerprint density at radius 1 is 1.32 bits per heavy atom. The summed E-state index contributed by atoms with van der Waals surface area (Å²) in [7, 11) is 4.41. The van der Waals surface area contributed by atoms with Crippen LogP contribution in [0.5, 0.6) is 5.75 Å². The summed E-state index contributed by atoms with van der Waals surface area (Å²) in [4.78, 5) is 2.40. The lowest BCUT2D eigenvalue weighted by Crippen LogP contribution is -2.57. The lowest BCUT2D eigenvalue weighted by atomic mass is 9.75. The first-order valence-electron chi connectivity index (χ1n) is 7.34. The number of nitrogens with one attached hydrogen (secondary N) is 1. The molecule has 0 radical (unpaired) electrons. The van der Waals surface area contributed by atoms with Gasteiger partial charge in [0.25, 0.3) is 0 Å². The third-order valence-corrected chi connectivity index (χ3v) is 4.87. The maximum absolute atomic E-state index is 5.72. The van der Waals surface area contributed by atoms with Crippen LogP contribution in [-0.2, 0) is 0 Å². The molecule has 3 rings (SSSR count). The topological polar surface area (TPSA) is 24.5 Å². The molecule has 1 saturated carbocycles. The van der Waals surface area contributed by atoms with Crippen molar-refractivity contribution in [3.05, 3.63) is 29.8 Å². The molecule has 1 aromatic rings. The van der Waals surface area contributed by atoms with E-state index in [0.717, 1.165) is 25.3 Å². The molecule has 0 amide bonds. The Bertz CT molecular complexity index is 440. The van der Waals surface area contributed by atoms with Crippen LogP contribution in [0.4, 0.5) is 0 Å². The van der Waals surface area contributed by atoms with Crippen molar-refractivity contribution >= 4 is 0 Å². The first-order chi connectivity index (χ1) is 9.21. The van der Waals surface area contributed by atoms with Gasteiger partial charge in [0.15, 0.2) is 0 Å². The number of para-hydroxylation sites is 1. The Morgan fingerprint density at radius 3 is 2.79 bits per heavy atom. The van der Waals surface area contributed by atoms with Gasteiger partial charge in [-0.05, 0) is 39.4 Å². The molecule has 0 saturated heterocycles. The van der Waals surface area contributed by atoms with E-state index in [1.54, 1.807) is 0 Å². The van der Waals surface area contributed by atoms with E-state index in [0.29, 0.717) is 11.6 Å². The molecule has 1 aliphatic heterocycles. The summed E-state index contributed by atoms with van der Waals surface area (Å²) < 4.78 is 5.72. The molecule has 0 bridgehead atoms. The van der Waals surface area contributed by atoms with Gasteiger partial charge in [0.2, 0.25) is 0 Å². The molecule has 0 spiro atoms. The van der Waals surface area contributed by atoms with Gasteiger partial charge in [-0.15, -0.1) is 0 Å². The van der Waals surface area contributed by atoms with Crippen LogP contribution < -0.4 is 10.1 Å². The number of fused-ring (bicyclic) bond motifs is 1. The second-order valence-corrected chi connectivity index (χ2v) is 6.08. The number of likely N-dealkylation sites (N-methyl/N-ethyl adjacent to an activating group) is 1. The van der Waals surface area contributed by atoms with Crippen LogP contribution >= 0.6 is 0 Å². The first kappa shape index (κ1) is 12.9. The van der Waals surface area contributed by atoms with Gasteiger partial charge in [0, 0.05) is 30.1 Å². The second kappa shape index (κ2) is 5.14. The second-order valence-electron chi connectivity index (χ2n) is 6.08. The first-order valence-corrected chi connectivity index (χ1v) is 7.34. The summed E-state index contributed by atoms with van der Waals surface area (Å²) in [5.41, 5.74) is 1.70. The molecule has 1 atom stereocenters. The lowest BCUT2D eigenvalue weighted by molar-refractivity contribution is 0.0552. The molecule has 1 unspecified atom stereocenters. The molecule has 104 valence electrons. The van der Waals surface area contributed by atoms with Crippen LogP contribution in [0.2, 0.25) is 0 Å². The summed E-state index contributed by atoms with van der Waals surface area (Å²) in [6.07, 6.45) is 5.07. The van der Waals surface area contributed by atoms with Gasteiger partial charge in [-0.1, -0.05) is 18.2 Å². The quantitative estimate of drug-likeness (QED) is 0.900. The fraction of sp³-hybridized carbons (Fsp3) is 0.625. The molecule has 0 aromatic heterocycles. The molecule has 1 aromatic carbocycles. The van der Waals surface area contributed by atoms with Crippen molar-refractivity contribution in [1.82, 2.24) is 10.2 Å². The minimum Gasteiger partial charge on any atom is -0.493 e. The van der Waals surface area contributed by atoms with E-state index in [1.165, 1.54) is 24.8 Å². The Morgan fingerprint density at radius 2 is 2.11 bits per heavy atom. The van der Waals surface area contributed by atoms with E-state index in [1.807, 2.05) is 0 Å². The fourth-order valence-electron chi connectivity index (χ4n) is 3.23. The number of rotatable bonds is 4. The molecular weight excluding hydrogens is 236 g/mol. The normalized spacial score (nSPS) is 24.5. The van der Waals surface area contributed by atoms with Gasteiger partial charge in [0.05, 0.1) is 6.61 Å². The van der Waals surface area contributed by atoms with Crippen LogP contribution in [0.1, 0.15) is 37.3 Å². The molecule has 1 N–H and O–H groups in total. The predicted molar refractivity (Wildman–Crippen MR) is 77.6 cm³/mol. The monoisotopic (exact) mass is 260 g/mol. The Kier molecular flexibility index (Phi) is 3.50. The van der Waals surface area contributed by atoms with E-state index in [4.69, 9.17) is 4.74 Å². The number of hydrogen-bond donors (Lipinski definition) is 1. The van der Waals surface area contributed by atoms with Crippen LogP contribution in [0, 0.1) is 0 Å². The highest BCUT2D eigenvalue weighted by atomic mass is 16.5. The SMILES string of the molecule is CN(C)C1(CNC2CCOc3ccccc32)CCC1. The van der Waals surface area contributed by atoms with E-state index < -0.39 is 0 Å². The molecular formula is C16H24N2O. The van der Waals surface area contributed by atoms with Crippen molar-refractivity contribution < 1.29 is 4.74 Å². The molecule has 2 aliphatic rings. The van der Waals surface area contributed by atoms with Crippen LogP contribution in [-0.4, -0.2) is 37.7 Å². The lowest BCUT2D eigenvalue weighted by Gasteiger charge is -2.48. The summed E-state index contributed by atoms with van der Waals surface area (Å²) in [6.45, 7) is 1.91. The average Bonchev–Trinajstić information content (AvgIpc) is 2.37. The molecule has 1 aliphatic carbocycles. The fourth-order valence-corrected chi connectivity index (χ4v) is 3.23. The number of ether oxygens (including phenoxy) is 1. The predicted octanol–water partition coefficient (Wildman–Crippen LogP) is 2.58. The molecule has 3 nitrogen and oxygen atoms in total. The number of nitrogens with zero attached hydrogens (tertiary/aromatic N) is 1. The third kappa shape index (κ3) is 2.37. The van der Waals surface area contributed by atoms with Gasteiger partial charge in [-0.2, -0.15) is 0 Å². The van der Waals surface area contributed by atoms with Crippen LogP contribution in [0.25, 0.3) is 0 Å². The largest absolute Gasteiger partial charge is 0.493 e. The summed E-state index contributed by atoms with van der Waals surface area (Å²) in [5, 5.41) is 3.78. The van der Waals surface area contributed by atoms with Crippen LogP contribution in [0.3, 0.4) is 0 Å². The summed E-state index contributed by atoms with van der Waals surface area (Å²) in [6, 6.07) is 8.87. The molecule has 19 heavy (non-hydrogen) atoms. The zero-order valence-corrected chi connectivity index (χ0v) is 12.0. The van der Waals surface area contributed by atoms with Crippen molar-refractivity contribution in [3.8, 4) is 5.75 Å². The smallest absolute Gasteiger partial charge is 0.124 e. The Balaban J connectivity index is 1.68. The average molecular weight is 260 g/mol. The van der Waals surface area contributed by atoms with Gasteiger partial charge in [-0.25, -0.2) is 0 Å². The van der Waals surface area contributed by atoms with Gasteiger partial charge >= 0.3 is 0 Å². The highest BCUT2D eigenvalue weighted by Gasteiger charge is 2.39. The van der Waals surface area contributed by atoms with E-state index >= 15 is 0 Å². The van der Waals surface area contributed by atoms with Crippen molar-refractivity contribution in [3.63, 3.8) is 0 Å². The number of hydrogen-bond acceptors (Lipinski definition) is 3. The van der Waals surface area contributed by atoms with Gasteiger partial charge in [-0.3, -0.25) is 0 Å². The third-order valence-electron chi connectivity index (χ3n) is 4.87. The van der Waals surface area contributed by atoms with Crippen molar-refractivity contribution in [2.45, 2.75) is 37.3 Å². The number of benzene rings is 1. The van der Waals surface area contributed by atoms with Crippen molar-refractivity contribution in [1.29, 1.82) is 0 Å². The standard InChI is InChI=1S/C16H24N2O/c1-18(2)16(9-5-10-16)12-17-14-8-11-19-15-7-4-3-6-13(14)15/h3-4,6-7,14,17H,5,8-12H2,1-2H3. The minimum atomic E-state index is 0.382. The Hall–Kier alpha value is -1.06. The van der Waals surface area contributed by atoms with Gasteiger partial charge in [0.1, 0.15) is 5.75 Å². The highest BCUT2D eigenvalue weighted by Crippen LogP contribution is 2.37. The molecule has 1 heterocycles. The van der Waals surface area contributed by atoms with E-state index in [9.17, 15) is 0 Å². The summed E-state index contributed by atoms with van der Waals surface area (Å²) in [5.74, 6) is 1.05. The maximum Gasteiger partial charge on any atom is 0.124 e. The minimum absolute atomic E-state index is 0.382. The van der Waals surface area contributed by atoms with Gasteiger partial charge < -0.3 is 15.0 Å². The summed E-state index contributed by atoms with van der Waals surface area (Å²) >= 11 is 0. The molecule has 1 fully saturated rings. The van der Waals surface area contributed by atoms with Crippen LogP contribution in [0.15, 0.2) is 24.3 Å². The Labute approximate surface area is 115 Å². The highest BCUT2D eigenvalue weighted by molar-refractivity contribution is 5.37.